The molecule has 1 aromatic rings. The topological polar surface area (TPSA) is 114 Å². The van der Waals surface area contributed by atoms with Crippen LogP contribution in [0.25, 0.3) is 0 Å². The van der Waals surface area contributed by atoms with Crippen LogP contribution in [0.1, 0.15) is 25.0 Å². The van der Waals surface area contributed by atoms with Crippen molar-refractivity contribution < 1.29 is 9.59 Å². The first-order valence-corrected chi connectivity index (χ1v) is 8.41. The summed E-state index contributed by atoms with van der Waals surface area (Å²) in [6, 6.07) is 0. The first-order chi connectivity index (χ1) is 10.5. The average Bonchev–Trinajstić information content (AvgIpc) is 2.88. The predicted molar refractivity (Wildman–Crippen MR) is 86.2 cm³/mol. The number of hydrogen-bond acceptors (Lipinski definition) is 6. The monoisotopic (exact) mass is 325 g/mol. The van der Waals surface area contributed by atoms with Crippen molar-refractivity contribution in [3.63, 3.8) is 0 Å². The Kier molecular flexibility index (Phi) is 6.14. The maximum absolute atomic E-state index is 12.2. The van der Waals surface area contributed by atoms with Gasteiger partial charge in [0, 0.05) is 18.5 Å². The molecule has 0 bridgehead atoms. The van der Waals surface area contributed by atoms with Crippen LogP contribution in [0.5, 0.6) is 0 Å². The van der Waals surface area contributed by atoms with Gasteiger partial charge in [-0.05, 0) is 32.2 Å². The SMILES string of the molecule is NC(=O)CN1CCCC(C(=O)NCCCc2csc(N)n2)C1. The van der Waals surface area contributed by atoms with Crippen LogP contribution in [0.15, 0.2) is 5.38 Å². The smallest absolute Gasteiger partial charge is 0.231 e. The van der Waals surface area contributed by atoms with E-state index in [0.717, 1.165) is 37.9 Å². The van der Waals surface area contributed by atoms with Crippen LogP contribution in [0, 0.1) is 5.92 Å². The molecule has 2 heterocycles. The summed E-state index contributed by atoms with van der Waals surface area (Å²) in [5, 5.41) is 5.49. The lowest BCUT2D eigenvalue weighted by atomic mass is 9.97. The van der Waals surface area contributed by atoms with E-state index in [0.29, 0.717) is 18.2 Å². The summed E-state index contributed by atoms with van der Waals surface area (Å²) in [6.07, 6.45) is 3.44. The highest BCUT2D eigenvalue weighted by molar-refractivity contribution is 7.13. The van der Waals surface area contributed by atoms with Gasteiger partial charge in [0.05, 0.1) is 18.2 Å². The molecule has 122 valence electrons. The Labute approximate surface area is 134 Å². The number of thiazole rings is 1. The minimum Gasteiger partial charge on any atom is -0.375 e. The number of carbonyl (C=O) groups is 2. The van der Waals surface area contributed by atoms with Gasteiger partial charge in [-0.2, -0.15) is 0 Å². The zero-order valence-electron chi connectivity index (χ0n) is 12.6. The number of aromatic nitrogens is 1. The fraction of sp³-hybridized carbons (Fsp3) is 0.643. The molecule has 1 aliphatic heterocycles. The summed E-state index contributed by atoms with van der Waals surface area (Å²) in [5.74, 6) is -0.335. The normalized spacial score (nSPS) is 19.0. The van der Waals surface area contributed by atoms with Crippen molar-refractivity contribution in [2.24, 2.45) is 11.7 Å². The molecule has 2 amide bonds. The largest absolute Gasteiger partial charge is 0.375 e. The third kappa shape index (κ3) is 5.27. The standard InChI is InChI=1S/C14H23N5O2S/c15-12(20)8-19-6-2-3-10(7-19)13(21)17-5-1-4-11-9-22-14(16)18-11/h9-10H,1-8H2,(H2,15,20)(H2,16,18)(H,17,21). The summed E-state index contributed by atoms with van der Waals surface area (Å²) in [6.45, 7) is 2.30. The molecular formula is C14H23N5O2S. The molecule has 1 unspecified atom stereocenters. The van der Waals surface area contributed by atoms with Crippen LogP contribution < -0.4 is 16.8 Å². The Morgan fingerprint density at radius 1 is 1.50 bits per heavy atom. The Morgan fingerprint density at radius 3 is 3.00 bits per heavy atom. The number of nitrogens with zero attached hydrogens (tertiary/aromatic N) is 2. The molecule has 0 aromatic carbocycles. The highest BCUT2D eigenvalue weighted by atomic mass is 32.1. The molecule has 2 rings (SSSR count). The molecule has 1 aliphatic rings. The Hall–Kier alpha value is -1.67. The second-order valence-electron chi connectivity index (χ2n) is 5.61. The molecule has 1 fully saturated rings. The summed E-state index contributed by atoms with van der Waals surface area (Å²) < 4.78 is 0. The number of primary amides is 1. The molecule has 1 aromatic heterocycles. The van der Waals surface area contributed by atoms with Crippen molar-refractivity contribution in [3.05, 3.63) is 11.1 Å². The number of amides is 2. The summed E-state index contributed by atoms with van der Waals surface area (Å²) in [7, 11) is 0. The zero-order valence-corrected chi connectivity index (χ0v) is 13.4. The second-order valence-corrected chi connectivity index (χ2v) is 6.50. The number of rotatable bonds is 7. The van der Waals surface area contributed by atoms with Crippen LogP contribution in [0.3, 0.4) is 0 Å². The van der Waals surface area contributed by atoms with Gasteiger partial charge < -0.3 is 16.8 Å². The Morgan fingerprint density at radius 2 is 2.32 bits per heavy atom. The maximum Gasteiger partial charge on any atom is 0.231 e. The molecule has 5 N–H and O–H groups in total. The zero-order chi connectivity index (χ0) is 15.9. The lowest BCUT2D eigenvalue weighted by molar-refractivity contribution is -0.128. The number of nitrogens with one attached hydrogen (secondary N) is 1. The fourth-order valence-electron chi connectivity index (χ4n) is 2.70. The molecule has 7 nitrogen and oxygen atoms in total. The van der Waals surface area contributed by atoms with Crippen molar-refractivity contribution in [2.75, 3.05) is 31.9 Å². The molecular weight excluding hydrogens is 302 g/mol. The average molecular weight is 325 g/mol. The number of aryl methyl sites for hydroxylation is 1. The summed E-state index contributed by atoms with van der Waals surface area (Å²) in [5.41, 5.74) is 11.8. The van der Waals surface area contributed by atoms with Crippen LogP contribution in [-0.4, -0.2) is 47.9 Å². The molecule has 1 saturated heterocycles. The van der Waals surface area contributed by atoms with Gasteiger partial charge >= 0.3 is 0 Å². The van der Waals surface area contributed by atoms with Gasteiger partial charge in [-0.1, -0.05) is 0 Å². The van der Waals surface area contributed by atoms with E-state index in [1.165, 1.54) is 11.3 Å². The molecule has 0 radical (unpaired) electrons. The van der Waals surface area contributed by atoms with Crippen molar-refractivity contribution in [2.45, 2.75) is 25.7 Å². The number of likely N-dealkylation sites (tertiary alicyclic amines) is 1. The van der Waals surface area contributed by atoms with Crippen molar-refractivity contribution in [1.29, 1.82) is 0 Å². The molecule has 0 aliphatic carbocycles. The Balaban J connectivity index is 1.67. The minimum absolute atomic E-state index is 0.0528. The highest BCUT2D eigenvalue weighted by Gasteiger charge is 2.26. The quantitative estimate of drug-likeness (QED) is 0.609. The third-order valence-corrected chi connectivity index (χ3v) is 4.46. The van der Waals surface area contributed by atoms with E-state index in [4.69, 9.17) is 11.5 Å². The highest BCUT2D eigenvalue weighted by Crippen LogP contribution is 2.16. The van der Waals surface area contributed by atoms with Gasteiger partial charge in [0.25, 0.3) is 0 Å². The number of nitrogen functional groups attached to an aromatic ring is 1. The molecule has 0 saturated carbocycles. The van der Waals surface area contributed by atoms with Gasteiger partial charge in [0.2, 0.25) is 11.8 Å². The summed E-state index contributed by atoms with van der Waals surface area (Å²) >= 11 is 1.43. The Bertz CT molecular complexity index is 519. The van der Waals surface area contributed by atoms with Gasteiger partial charge in [-0.15, -0.1) is 11.3 Å². The molecule has 0 spiro atoms. The second kappa shape index (κ2) is 8.09. The van der Waals surface area contributed by atoms with Gasteiger partial charge in [-0.3, -0.25) is 14.5 Å². The van der Waals surface area contributed by atoms with E-state index in [1.54, 1.807) is 0 Å². The van der Waals surface area contributed by atoms with Crippen molar-refractivity contribution in [1.82, 2.24) is 15.2 Å². The van der Waals surface area contributed by atoms with Crippen LogP contribution >= 0.6 is 11.3 Å². The van der Waals surface area contributed by atoms with E-state index in [9.17, 15) is 9.59 Å². The van der Waals surface area contributed by atoms with Crippen LogP contribution in [-0.2, 0) is 16.0 Å². The number of carbonyl (C=O) groups excluding carboxylic acids is 2. The summed E-state index contributed by atoms with van der Waals surface area (Å²) in [4.78, 5) is 29.3. The minimum atomic E-state index is -0.344. The van der Waals surface area contributed by atoms with Crippen LogP contribution in [0.4, 0.5) is 5.13 Å². The van der Waals surface area contributed by atoms with Crippen molar-refractivity contribution >= 4 is 28.3 Å². The molecule has 1 atom stereocenters. The number of nitrogens with two attached hydrogens (primary N) is 2. The van der Waals surface area contributed by atoms with E-state index in [2.05, 4.69) is 10.3 Å². The maximum atomic E-state index is 12.2. The number of anilines is 1. The van der Waals surface area contributed by atoms with E-state index in [-0.39, 0.29) is 24.3 Å². The van der Waals surface area contributed by atoms with Gasteiger partial charge in [-0.25, -0.2) is 4.98 Å². The van der Waals surface area contributed by atoms with E-state index >= 15 is 0 Å². The predicted octanol–water partition coefficient (Wildman–Crippen LogP) is -0.0286. The first-order valence-electron chi connectivity index (χ1n) is 7.53. The van der Waals surface area contributed by atoms with E-state index < -0.39 is 0 Å². The third-order valence-electron chi connectivity index (χ3n) is 3.73. The molecule has 22 heavy (non-hydrogen) atoms. The number of piperidine rings is 1. The van der Waals surface area contributed by atoms with Crippen molar-refractivity contribution in [3.8, 4) is 0 Å². The van der Waals surface area contributed by atoms with E-state index in [1.807, 2.05) is 10.3 Å². The number of hydrogen-bond donors (Lipinski definition) is 3. The van der Waals surface area contributed by atoms with Crippen LogP contribution in [0.2, 0.25) is 0 Å². The van der Waals surface area contributed by atoms with Gasteiger partial charge in [0.15, 0.2) is 5.13 Å². The first kappa shape index (κ1) is 16.7. The fourth-order valence-corrected chi connectivity index (χ4v) is 3.29. The van der Waals surface area contributed by atoms with Gasteiger partial charge in [0.1, 0.15) is 0 Å². The molecule has 8 heteroatoms. The lowest BCUT2D eigenvalue weighted by Gasteiger charge is -2.30. The lowest BCUT2D eigenvalue weighted by Crippen LogP contribution is -2.45.